The van der Waals surface area contributed by atoms with Crippen LogP contribution in [-0.2, 0) is 9.47 Å². The number of hydrogen-bond acceptors (Lipinski definition) is 2. The lowest BCUT2D eigenvalue weighted by atomic mass is 9.32. The van der Waals surface area contributed by atoms with Crippen molar-refractivity contribution in [3.05, 3.63) is 0 Å². The summed E-state index contributed by atoms with van der Waals surface area (Å²) in [6, 6.07) is 0. The lowest BCUT2D eigenvalue weighted by molar-refractivity contribution is -0.253. The van der Waals surface area contributed by atoms with Gasteiger partial charge in [-0.25, -0.2) is 0 Å². The zero-order chi connectivity index (χ0) is 24.7. The standard InChI is InChI=1S/C32H56O2/c1-21(2)22-12-17-32(20-33-8)19-18-30(6)23(27(22)32)10-11-25-29(5)15-14-26(34-9)28(3,4)24(29)13-16-31(25,30)7/h21-27H,10-20H2,1-9H3/t22-,23?,24?,25?,26?,27?,29-,30+,31+,32+/m0/s1. The van der Waals surface area contributed by atoms with Crippen LogP contribution in [0.2, 0.25) is 0 Å². The highest BCUT2D eigenvalue weighted by molar-refractivity contribution is 5.19. The monoisotopic (exact) mass is 472 g/mol. The molecule has 0 N–H and O–H groups in total. The second-order valence-corrected chi connectivity index (χ2v) is 15.5. The molecule has 0 bridgehead atoms. The fourth-order valence-electron chi connectivity index (χ4n) is 12.5. The lowest BCUT2D eigenvalue weighted by Crippen LogP contribution is -2.67. The Morgan fingerprint density at radius 3 is 2.12 bits per heavy atom. The maximum atomic E-state index is 6.07. The van der Waals surface area contributed by atoms with Crippen LogP contribution in [0, 0.1) is 62.6 Å². The van der Waals surface area contributed by atoms with Crippen LogP contribution < -0.4 is 0 Å². The van der Waals surface area contributed by atoms with Gasteiger partial charge in [0.15, 0.2) is 0 Å². The summed E-state index contributed by atoms with van der Waals surface area (Å²) in [5, 5.41) is 0. The van der Waals surface area contributed by atoms with E-state index >= 15 is 0 Å². The topological polar surface area (TPSA) is 18.5 Å². The van der Waals surface area contributed by atoms with Crippen LogP contribution >= 0.6 is 0 Å². The molecular weight excluding hydrogens is 416 g/mol. The summed E-state index contributed by atoms with van der Waals surface area (Å²) >= 11 is 0. The van der Waals surface area contributed by atoms with Gasteiger partial charge in [0.1, 0.15) is 0 Å². The van der Waals surface area contributed by atoms with Gasteiger partial charge in [0.2, 0.25) is 0 Å². The van der Waals surface area contributed by atoms with Gasteiger partial charge in [0, 0.05) is 14.2 Å². The molecule has 5 aliphatic rings. The molecule has 10 atom stereocenters. The molecule has 2 heteroatoms. The maximum Gasteiger partial charge on any atom is 0.0625 e. The van der Waals surface area contributed by atoms with Crippen molar-refractivity contribution < 1.29 is 9.47 Å². The lowest BCUT2D eigenvalue weighted by Gasteiger charge is -2.73. The quantitative estimate of drug-likeness (QED) is 0.409. The van der Waals surface area contributed by atoms with Gasteiger partial charge in [-0.05, 0) is 127 Å². The number of ether oxygens (including phenoxy) is 2. The zero-order valence-electron chi connectivity index (χ0n) is 24.1. The molecular formula is C32H56O2. The van der Waals surface area contributed by atoms with Crippen molar-refractivity contribution in [3.8, 4) is 0 Å². The minimum absolute atomic E-state index is 0.287. The van der Waals surface area contributed by atoms with E-state index in [9.17, 15) is 0 Å². The van der Waals surface area contributed by atoms with E-state index in [1.54, 1.807) is 0 Å². The van der Waals surface area contributed by atoms with Crippen LogP contribution in [0.5, 0.6) is 0 Å². The number of rotatable bonds is 4. The first kappa shape index (κ1) is 25.6. The summed E-state index contributed by atoms with van der Waals surface area (Å²) in [5.41, 5.74) is 2.16. The first-order valence-electron chi connectivity index (χ1n) is 14.9. The normalized spacial score (nSPS) is 54.2. The van der Waals surface area contributed by atoms with Gasteiger partial charge >= 0.3 is 0 Å². The summed E-state index contributed by atoms with van der Waals surface area (Å²) in [7, 11) is 3.91. The van der Waals surface area contributed by atoms with Crippen molar-refractivity contribution >= 4 is 0 Å². The van der Waals surface area contributed by atoms with Crippen LogP contribution in [0.1, 0.15) is 113 Å². The summed E-state index contributed by atoms with van der Waals surface area (Å²) in [6.07, 6.45) is 14.5. The molecule has 0 amide bonds. The van der Waals surface area contributed by atoms with Gasteiger partial charge in [0.05, 0.1) is 12.7 Å². The van der Waals surface area contributed by atoms with Gasteiger partial charge in [-0.1, -0.05) is 48.5 Å². The Morgan fingerprint density at radius 1 is 0.735 bits per heavy atom. The Labute approximate surface area is 211 Å². The maximum absolute atomic E-state index is 6.07. The molecule has 5 saturated carbocycles. The van der Waals surface area contributed by atoms with Crippen molar-refractivity contribution in [1.29, 1.82) is 0 Å². The third-order valence-electron chi connectivity index (χ3n) is 14.2. The third kappa shape index (κ3) is 3.12. The van der Waals surface area contributed by atoms with Gasteiger partial charge in [-0.3, -0.25) is 0 Å². The molecule has 5 aliphatic carbocycles. The second-order valence-electron chi connectivity index (χ2n) is 15.5. The van der Waals surface area contributed by atoms with Crippen molar-refractivity contribution in [1.82, 2.24) is 0 Å². The Bertz CT molecular complexity index is 773. The van der Waals surface area contributed by atoms with E-state index in [0.29, 0.717) is 27.8 Å². The fourth-order valence-corrected chi connectivity index (χ4v) is 12.5. The first-order valence-corrected chi connectivity index (χ1v) is 14.9. The van der Waals surface area contributed by atoms with E-state index in [-0.39, 0.29) is 5.41 Å². The Morgan fingerprint density at radius 2 is 1.47 bits per heavy atom. The van der Waals surface area contributed by atoms with Gasteiger partial charge in [-0.15, -0.1) is 0 Å². The molecule has 0 aromatic rings. The van der Waals surface area contributed by atoms with Crippen LogP contribution in [0.15, 0.2) is 0 Å². The predicted octanol–water partition coefficient (Wildman–Crippen LogP) is 8.39. The van der Waals surface area contributed by atoms with Gasteiger partial charge in [-0.2, -0.15) is 0 Å². The van der Waals surface area contributed by atoms with Crippen molar-refractivity contribution in [2.75, 3.05) is 20.8 Å². The minimum atomic E-state index is 0.287. The van der Waals surface area contributed by atoms with Crippen LogP contribution in [0.3, 0.4) is 0 Å². The van der Waals surface area contributed by atoms with Gasteiger partial charge < -0.3 is 9.47 Å². The summed E-state index contributed by atoms with van der Waals surface area (Å²) in [5.74, 6) is 5.11. The largest absolute Gasteiger partial charge is 0.384 e. The summed E-state index contributed by atoms with van der Waals surface area (Å²) in [4.78, 5) is 0. The molecule has 0 aliphatic heterocycles. The number of fused-ring (bicyclic) bond motifs is 7. The molecule has 0 spiro atoms. The highest BCUT2D eigenvalue weighted by Gasteiger charge is 2.70. The molecule has 0 aromatic heterocycles. The minimum Gasteiger partial charge on any atom is -0.384 e. The van der Waals surface area contributed by atoms with Crippen LogP contribution in [0.25, 0.3) is 0 Å². The van der Waals surface area contributed by atoms with Crippen molar-refractivity contribution in [2.24, 2.45) is 62.6 Å². The molecule has 2 nitrogen and oxygen atoms in total. The fraction of sp³-hybridized carbons (Fsp3) is 1.00. The summed E-state index contributed by atoms with van der Waals surface area (Å²) < 4.78 is 12.0. The average molecular weight is 473 g/mol. The Kier molecular flexibility index (Phi) is 6.17. The number of hydrogen-bond donors (Lipinski definition) is 0. The highest BCUT2D eigenvalue weighted by atomic mass is 16.5. The van der Waals surface area contributed by atoms with Gasteiger partial charge in [0.25, 0.3) is 0 Å². The van der Waals surface area contributed by atoms with Crippen LogP contribution in [0.4, 0.5) is 0 Å². The second kappa shape index (κ2) is 8.21. The molecule has 0 aromatic carbocycles. The predicted molar refractivity (Wildman–Crippen MR) is 142 cm³/mol. The smallest absolute Gasteiger partial charge is 0.0625 e. The molecule has 5 rings (SSSR count). The molecule has 34 heavy (non-hydrogen) atoms. The van der Waals surface area contributed by atoms with E-state index < -0.39 is 0 Å². The van der Waals surface area contributed by atoms with E-state index in [1.165, 1.54) is 64.2 Å². The SMILES string of the molecule is COC[C@]12CC[C@@H](C(C)C)C1C1CCC3[C@@]4(C)CCC(OC)C(C)(C)C4CC[C@@]3(C)[C@]1(C)CC2. The molecule has 0 radical (unpaired) electrons. The highest BCUT2D eigenvalue weighted by Crippen LogP contribution is 2.77. The molecule has 5 unspecified atom stereocenters. The Hall–Kier alpha value is -0.0800. The van der Waals surface area contributed by atoms with E-state index in [2.05, 4.69) is 48.5 Å². The van der Waals surface area contributed by atoms with Crippen molar-refractivity contribution in [2.45, 2.75) is 119 Å². The molecule has 0 saturated heterocycles. The summed E-state index contributed by atoms with van der Waals surface area (Å²) in [6.45, 7) is 19.4. The molecule has 196 valence electrons. The van der Waals surface area contributed by atoms with Crippen LogP contribution in [-0.4, -0.2) is 26.9 Å². The number of methoxy groups -OCH3 is 2. The van der Waals surface area contributed by atoms with Crippen molar-refractivity contribution in [3.63, 3.8) is 0 Å². The first-order chi connectivity index (χ1) is 15.9. The molecule has 0 heterocycles. The molecule has 5 fully saturated rings. The third-order valence-corrected chi connectivity index (χ3v) is 14.2. The van der Waals surface area contributed by atoms with E-state index in [1.807, 2.05) is 14.2 Å². The average Bonchev–Trinajstić information content (AvgIpc) is 3.14. The Balaban J connectivity index is 1.52. The van der Waals surface area contributed by atoms with E-state index in [0.717, 1.165) is 42.1 Å². The van der Waals surface area contributed by atoms with E-state index in [4.69, 9.17) is 9.47 Å². The zero-order valence-corrected chi connectivity index (χ0v) is 24.1.